The van der Waals surface area contributed by atoms with Gasteiger partial charge in [0.2, 0.25) is 5.79 Å². The van der Waals surface area contributed by atoms with Gasteiger partial charge >= 0.3 is 5.97 Å². The molecule has 0 unspecified atom stereocenters. The molecule has 2 fully saturated rings. The Morgan fingerprint density at radius 3 is 2.18 bits per heavy atom. The first-order valence-electron chi connectivity index (χ1n) is 10.1. The minimum Gasteiger partial charge on any atom is -0.459 e. The Hall–Kier alpha value is -2.31. The zero-order valence-electron chi connectivity index (χ0n) is 17.5. The third-order valence-corrected chi connectivity index (χ3v) is 5.58. The number of esters is 1. The maximum Gasteiger partial charge on any atom is 0.338 e. The van der Waals surface area contributed by atoms with Gasteiger partial charge in [-0.15, -0.1) is 0 Å². The number of nitro groups is 1. The van der Waals surface area contributed by atoms with Gasteiger partial charge in [-0.2, -0.15) is 0 Å². The van der Waals surface area contributed by atoms with Gasteiger partial charge in [-0.1, -0.05) is 0 Å². The maximum atomic E-state index is 12.2. The van der Waals surface area contributed by atoms with E-state index in [4.69, 9.17) is 18.9 Å². The maximum absolute atomic E-state index is 12.2. The molecule has 0 aliphatic carbocycles. The molecule has 2 aliphatic rings. The van der Waals surface area contributed by atoms with Gasteiger partial charge in [-0.25, -0.2) is 4.79 Å². The van der Waals surface area contributed by atoms with Gasteiger partial charge in [0.1, 0.15) is 55.9 Å². The second-order valence-corrected chi connectivity index (χ2v) is 7.78. The molecule has 190 valence electrons. The number of hydrogen-bond acceptors (Lipinski definition) is 14. The number of aliphatic hydroxyl groups is 7. The molecule has 9 atom stereocenters. The average molecular weight is 491 g/mol. The highest BCUT2D eigenvalue weighted by Gasteiger charge is 2.58. The van der Waals surface area contributed by atoms with Crippen molar-refractivity contribution in [2.75, 3.05) is 19.8 Å². The van der Waals surface area contributed by atoms with E-state index in [1.807, 2.05) is 0 Å². The lowest BCUT2D eigenvalue weighted by molar-refractivity contribution is -0.384. The Morgan fingerprint density at radius 2 is 1.65 bits per heavy atom. The molecular weight excluding hydrogens is 466 g/mol. The Balaban J connectivity index is 1.68. The molecule has 15 heteroatoms. The van der Waals surface area contributed by atoms with E-state index in [1.165, 1.54) is 0 Å². The van der Waals surface area contributed by atoms with Gasteiger partial charge in [0.15, 0.2) is 6.29 Å². The molecule has 1 aromatic carbocycles. The van der Waals surface area contributed by atoms with Crippen LogP contribution in [0, 0.1) is 10.1 Å². The van der Waals surface area contributed by atoms with Crippen molar-refractivity contribution in [2.24, 2.45) is 0 Å². The van der Waals surface area contributed by atoms with Crippen LogP contribution in [0.3, 0.4) is 0 Å². The van der Waals surface area contributed by atoms with Crippen molar-refractivity contribution in [2.45, 2.75) is 54.8 Å². The van der Waals surface area contributed by atoms with Crippen LogP contribution in [0.2, 0.25) is 0 Å². The van der Waals surface area contributed by atoms with Crippen LogP contribution in [0.25, 0.3) is 0 Å². The van der Waals surface area contributed by atoms with Crippen LogP contribution in [-0.2, 0) is 18.9 Å². The van der Waals surface area contributed by atoms with Gasteiger partial charge in [0.25, 0.3) is 5.69 Å². The summed E-state index contributed by atoms with van der Waals surface area (Å²) in [5, 5.41) is 80.5. The minimum atomic E-state index is -2.35. The lowest BCUT2D eigenvalue weighted by Crippen LogP contribution is -2.62. The highest BCUT2D eigenvalue weighted by Crippen LogP contribution is 2.36. The molecule has 2 aliphatic heterocycles. The molecule has 7 N–H and O–H groups in total. The summed E-state index contributed by atoms with van der Waals surface area (Å²) in [6.07, 6.45) is -13.7. The van der Waals surface area contributed by atoms with Crippen molar-refractivity contribution >= 4 is 11.7 Å². The van der Waals surface area contributed by atoms with E-state index >= 15 is 0 Å². The number of non-ortho nitro benzene ring substituents is 1. The lowest BCUT2D eigenvalue weighted by atomic mass is 9.99. The van der Waals surface area contributed by atoms with Gasteiger partial charge in [-0.05, 0) is 12.1 Å². The normalized spacial score (nSPS) is 38.0. The summed E-state index contributed by atoms with van der Waals surface area (Å²) in [4.78, 5) is 22.3. The van der Waals surface area contributed by atoms with E-state index < -0.39 is 85.5 Å². The molecule has 2 saturated heterocycles. The summed E-state index contributed by atoms with van der Waals surface area (Å²) in [5.41, 5.74) is -0.294. The van der Waals surface area contributed by atoms with Crippen LogP contribution in [0.1, 0.15) is 10.4 Å². The molecule has 34 heavy (non-hydrogen) atoms. The van der Waals surface area contributed by atoms with Gasteiger partial charge in [0.05, 0.1) is 17.1 Å². The van der Waals surface area contributed by atoms with E-state index in [1.54, 1.807) is 0 Å². The number of aliphatic hydroxyl groups excluding tert-OH is 7. The number of benzene rings is 1. The second kappa shape index (κ2) is 10.5. The molecule has 0 aromatic heterocycles. The van der Waals surface area contributed by atoms with Crippen molar-refractivity contribution in [3.8, 4) is 0 Å². The number of nitrogens with zero attached hydrogens (tertiary/aromatic N) is 1. The van der Waals surface area contributed by atoms with E-state index in [9.17, 15) is 50.7 Å². The van der Waals surface area contributed by atoms with Crippen molar-refractivity contribution in [3.63, 3.8) is 0 Å². The number of ether oxygens (including phenoxy) is 4. The van der Waals surface area contributed by atoms with Gasteiger partial charge < -0.3 is 54.7 Å². The molecule has 0 bridgehead atoms. The largest absolute Gasteiger partial charge is 0.459 e. The molecule has 3 rings (SSSR count). The van der Waals surface area contributed by atoms with E-state index in [0.29, 0.717) is 0 Å². The molecular formula is C19H25NO14. The van der Waals surface area contributed by atoms with E-state index in [-0.39, 0.29) is 11.3 Å². The summed E-state index contributed by atoms with van der Waals surface area (Å²) >= 11 is 0. The highest BCUT2D eigenvalue weighted by atomic mass is 16.8. The summed E-state index contributed by atoms with van der Waals surface area (Å²) < 4.78 is 20.9. The summed E-state index contributed by atoms with van der Waals surface area (Å²) in [6.45, 7) is -2.44. The Kier molecular flexibility index (Phi) is 8.14. The first kappa shape index (κ1) is 26.3. The van der Waals surface area contributed by atoms with Crippen LogP contribution in [0.5, 0.6) is 0 Å². The summed E-state index contributed by atoms with van der Waals surface area (Å²) in [7, 11) is 0. The highest BCUT2D eigenvalue weighted by molar-refractivity contribution is 5.89. The molecule has 0 spiro atoms. The number of nitro benzene ring substituents is 1. The fourth-order valence-corrected chi connectivity index (χ4v) is 3.58. The fraction of sp³-hybridized carbons (Fsp3) is 0.632. The second-order valence-electron chi connectivity index (χ2n) is 7.78. The number of rotatable bonds is 8. The third kappa shape index (κ3) is 5.03. The van der Waals surface area contributed by atoms with E-state index in [2.05, 4.69) is 0 Å². The first-order chi connectivity index (χ1) is 16.0. The molecule has 0 amide bonds. The minimum absolute atomic E-state index is 0.0463. The molecule has 0 radical (unpaired) electrons. The fourth-order valence-electron chi connectivity index (χ4n) is 3.58. The number of carbonyl (C=O) groups is 1. The molecule has 0 saturated carbocycles. The monoisotopic (exact) mass is 491 g/mol. The topological polar surface area (TPSA) is 239 Å². The standard InChI is InChI=1S/C19H25NO14/c21-5-10-13(24)16(27)19(7-22,33-10)34-18-15(26)14(25)12(23)11(32-18)6-31-17(28)8-1-3-9(4-2-8)20(29)30/h1-4,10-16,18,21-27H,5-7H2/t10-,11+,12+,13+,14+,15-,16+,18-,19-/m0/s1. The van der Waals surface area contributed by atoms with Crippen LogP contribution < -0.4 is 0 Å². The smallest absolute Gasteiger partial charge is 0.338 e. The zero-order chi connectivity index (χ0) is 25.2. The SMILES string of the molecule is O=C(OC[C@H]1O[C@@H](O[C@]2(CO)O[C@@H](CO)[C@@H](O)[C@H]2O)[C@@H](O)[C@H](O)[C@@H]1O)c1ccc([N+](=O)[O-])cc1. The predicted molar refractivity (Wildman–Crippen MR) is 105 cm³/mol. The predicted octanol–water partition coefficient (Wildman–Crippen LogP) is -3.62. The number of hydrogen-bond donors (Lipinski definition) is 7. The molecule has 1 aromatic rings. The Morgan fingerprint density at radius 1 is 1.00 bits per heavy atom. The van der Waals surface area contributed by atoms with Gasteiger partial charge in [0, 0.05) is 12.1 Å². The average Bonchev–Trinajstić information content (AvgIpc) is 3.08. The Bertz CT molecular complexity index is 867. The number of carbonyl (C=O) groups excluding carboxylic acids is 1. The van der Waals surface area contributed by atoms with Crippen LogP contribution in [0.4, 0.5) is 5.69 Å². The van der Waals surface area contributed by atoms with Crippen molar-refractivity contribution in [1.82, 2.24) is 0 Å². The quantitative estimate of drug-likeness (QED) is 0.106. The lowest BCUT2D eigenvalue weighted by Gasteiger charge is -2.43. The van der Waals surface area contributed by atoms with Crippen molar-refractivity contribution in [3.05, 3.63) is 39.9 Å². The zero-order valence-corrected chi connectivity index (χ0v) is 17.5. The van der Waals surface area contributed by atoms with Crippen LogP contribution >= 0.6 is 0 Å². The van der Waals surface area contributed by atoms with Crippen molar-refractivity contribution < 1.29 is 64.4 Å². The molecule has 2 heterocycles. The van der Waals surface area contributed by atoms with Crippen LogP contribution in [-0.4, -0.2) is 121 Å². The van der Waals surface area contributed by atoms with Crippen LogP contribution in [0.15, 0.2) is 24.3 Å². The van der Waals surface area contributed by atoms with E-state index in [0.717, 1.165) is 24.3 Å². The first-order valence-corrected chi connectivity index (χ1v) is 10.1. The van der Waals surface area contributed by atoms with Gasteiger partial charge in [-0.3, -0.25) is 10.1 Å². The summed E-state index contributed by atoms with van der Waals surface area (Å²) in [6, 6.07) is 4.47. The summed E-state index contributed by atoms with van der Waals surface area (Å²) in [5.74, 6) is -3.28. The molecule has 15 nitrogen and oxygen atoms in total. The van der Waals surface area contributed by atoms with Crippen molar-refractivity contribution in [1.29, 1.82) is 0 Å². The third-order valence-electron chi connectivity index (χ3n) is 5.58. The Labute approximate surface area is 191 Å².